The zero-order valence-electron chi connectivity index (χ0n) is 24.5. The van der Waals surface area contributed by atoms with E-state index in [2.05, 4.69) is 37.1 Å². The lowest BCUT2D eigenvalue weighted by Gasteiger charge is -2.31. The lowest BCUT2D eigenvalue weighted by molar-refractivity contribution is -0.142. The number of alkyl halides is 3. The summed E-state index contributed by atoms with van der Waals surface area (Å²) in [4.78, 5) is 13.9. The lowest BCUT2D eigenvalue weighted by Crippen LogP contribution is -2.44. The summed E-state index contributed by atoms with van der Waals surface area (Å²) < 4.78 is 47.6. The maximum absolute atomic E-state index is 13.0. The Bertz CT molecular complexity index is 1760. The van der Waals surface area contributed by atoms with E-state index in [1.165, 1.54) is 6.20 Å². The van der Waals surface area contributed by atoms with E-state index >= 15 is 0 Å². The molecular formula is C30H32F3N9O2. The van der Waals surface area contributed by atoms with Gasteiger partial charge in [0.25, 0.3) is 0 Å². The van der Waals surface area contributed by atoms with Crippen LogP contribution in [0.25, 0.3) is 28.1 Å². The average Bonchev–Trinajstić information content (AvgIpc) is 3.56. The number of pyridine rings is 1. The first-order chi connectivity index (χ1) is 21.0. The highest BCUT2D eigenvalue weighted by molar-refractivity contribution is 5.79. The fraction of sp³-hybridized carbons (Fsp3) is 0.367. The van der Waals surface area contributed by atoms with Gasteiger partial charge in [-0.25, -0.2) is 9.97 Å². The van der Waals surface area contributed by atoms with Gasteiger partial charge < -0.3 is 14.7 Å². The third-order valence-corrected chi connectivity index (χ3v) is 7.57. The molecule has 230 valence electrons. The second kappa shape index (κ2) is 11.9. The third kappa shape index (κ3) is 6.56. The molecule has 1 saturated heterocycles. The molecule has 11 nitrogen and oxygen atoms in total. The molecular weight excluding hydrogens is 575 g/mol. The summed E-state index contributed by atoms with van der Waals surface area (Å²) in [6.07, 6.45) is -2.41. The standard InChI is InChI=1S/C30H32F3N9O2/c1-19-24(16-41(38-19)17-30(31,32)33)29-23(20(2)43)6-8-27(35-29)42-18-34-25-14-22(5-7-26(25)42)44-28-9-4-21(36-37-28)15-40-12-10-39(3)11-13-40/h4-9,14,16,18,20,43H,10-13,15,17H2,1-3H3. The van der Waals surface area contributed by atoms with Crippen LogP contribution in [0.15, 0.2) is 55.0 Å². The second-order valence-corrected chi connectivity index (χ2v) is 11.0. The van der Waals surface area contributed by atoms with Gasteiger partial charge in [-0.05, 0) is 45.2 Å². The number of likely N-dealkylation sites (N-methyl/N-ethyl adjacent to an activating group) is 1. The minimum atomic E-state index is -4.42. The predicted molar refractivity (Wildman–Crippen MR) is 156 cm³/mol. The highest BCUT2D eigenvalue weighted by Gasteiger charge is 2.29. The Morgan fingerprint density at radius 3 is 2.52 bits per heavy atom. The van der Waals surface area contributed by atoms with Crippen LogP contribution in [-0.4, -0.2) is 88.8 Å². The number of benzene rings is 1. The molecule has 1 N–H and O–H groups in total. The fourth-order valence-corrected chi connectivity index (χ4v) is 5.24. The Morgan fingerprint density at radius 1 is 1.02 bits per heavy atom. The zero-order chi connectivity index (χ0) is 31.0. The molecule has 1 fully saturated rings. The summed E-state index contributed by atoms with van der Waals surface area (Å²) >= 11 is 0. The highest BCUT2D eigenvalue weighted by atomic mass is 19.4. The number of imidazole rings is 1. The molecule has 44 heavy (non-hydrogen) atoms. The van der Waals surface area contributed by atoms with Gasteiger partial charge in [0.1, 0.15) is 24.4 Å². The van der Waals surface area contributed by atoms with Gasteiger partial charge in [0, 0.05) is 62.2 Å². The van der Waals surface area contributed by atoms with Gasteiger partial charge in [0.15, 0.2) is 0 Å². The van der Waals surface area contributed by atoms with Gasteiger partial charge in [0.2, 0.25) is 5.88 Å². The summed E-state index contributed by atoms with van der Waals surface area (Å²) in [7, 11) is 2.12. The van der Waals surface area contributed by atoms with Crippen molar-refractivity contribution in [3.63, 3.8) is 0 Å². The molecule has 0 bridgehead atoms. The molecule has 14 heteroatoms. The Hall–Kier alpha value is -4.40. The van der Waals surface area contributed by atoms with Crippen LogP contribution in [0.5, 0.6) is 11.6 Å². The van der Waals surface area contributed by atoms with Crippen molar-refractivity contribution in [1.29, 1.82) is 0 Å². The van der Waals surface area contributed by atoms with Crippen molar-refractivity contribution in [2.24, 2.45) is 0 Å². The molecule has 0 aliphatic carbocycles. The summed E-state index contributed by atoms with van der Waals surface area (Å²) in [5.74, 6) is 1.38. The predicted octanol–water partition coefficient (Wildman–Crippen LogP) is 4.54. The first kappa shape index (κ1) is 29.7. The molecule has 1 unspecified atom stereocenters. The van der Waals surface area contributed by atoms with Crippen molar-refractivity contribution in [2.75, 3.05) is 33.2 Å². The van der Waals surface area contributed by atoms with Gasteiger partial charge in [-0.1, -0.05) is 6.07 Å². The average molecular weight is 608 g/mol. The maximum Gasteiger partial charge on any atom is 0.408 e. The lowest BCUT2D eigenvalue weighted by atomic mass is 10.0. The van der Waals surface area contributed by atoms with E-state index in [9.17, 15) is 18.3 Å². The number of nitrogens with zero attached hydrogens (tertiary/aromatic N) is 9. The normalized spacial score (nSPS) is 15.6. The molecule has 0 saturated carbocycles. The monoisotopic (exact) mass is 607 g/mol. The SMILES string of the molecule is Cc1nn(CC(F)(F)F)cc1-c1nc(-n2cnc3cc(Oc4ccc(CN5CCN(C)CC5)nn4)ccc32)ccc1C(C)O. The van der Waals surface area contributed by atoms with Gasteiger partial charge in [-0.3, -0.25) is 14.1 Å². The molecule has 1 aliphatic heterocycles. The highest BCUT2D eigenvalue weighted by Crippen LogP contribution is 2.32. The van der Waals surface area contributed by atoms with Crippen LogP contribution < -0.4 is 4.74 Å². The fourth-order valence-electron chi connectivity index (χ4n) is 5.24. The molecule has 1 atom stereocenters. The summed E-state index contributed by atoms with van der Waals surface area (Å²) in [6.45, 7) is 6.78. The van der Waals surface area contributed by atoms with Crippen molar-refractivity contribution in [3.8, 4) is 28.7 Å². The topological polar surface area (TPSA) is 110 Å². The molecule has 5 heterocycles. The van der Waals surface area contributed by atoms with Gasteiger partial charge >= 0.3 is 6.18 Å². The summed E-state index contributed by atoms with van der Waals surface area (Å²) in [6, 6.07) is 12.6. The number of hydrogen-bond acceptors (Lipinski definition) is 9. The number of aliphatic hydroxyl groups excluding tert-OH is 1. The molecule has 1 aliphatic rings. The van der Waals surface area contributed by atoms with Crippen LogP contribution in [0.3, 0.4) is 0 Å². The largest absolute Gasteiger partial charge is 0.437 e. The van der Waals surface area contributed by atoms with Crippen LogP contribution in [0.2, 0.25) is 0 Å². The van der Waals surface area contributed by atoms with Crippen molar-refractivity contribution in [2.45, 2.75) is 39.2 Å². The van der Waals surface area contributed by atoms with Gasteiger partial charge in [-0.15, -0.1) is 5.10 Å². The van der Waals surface area contributed by atoms with Crippen LogP contribution in [0.4, 0.5) is 13.2 Å². The number of aryl methyl sites for hydroxylation is 1. The second-order valence-electron chi connectivity index (χ2n) is 11.0. The Balaban J connectivity index is 1.22. The molecule has 4 aromatic heterocycles. The van der Waals surface area contributed by atoms with Crippen molar-refractivity contribution >= 4 is 11.0 Å². The molecule has 5 aromatic rings. The van der Waals surface area contributed by atoms with Crippen LogP contribution in [0, 0.1) is 6.92 Å². The smallest absolute Gasteiger partial charge is 0.408 e. The Labute approximate surface area is 251 Å². The molecule has 0 amide bonds. The molecule has 6 rings (SSSR count). The van der Waals surface area contributed by atoms with E-state index in [1.54, 1.807) is 55.1 Å². The number of aromatic nitrogens is 7. The number of fused-ring (bicyclic) bond motifs is 1. The molecule has 1 aromatic carbocycles. The van der Waals surface area contributed by atoms with E-state index in [1.807, 2.05) is 12.1 Å². The summed E-state index contributed by atoms with van der Waals surface area (Å²) in [5, 5.41) is 23.0. The van der Waals surface area contributed by atoms with E-state index in [0.29, 0.717) is 45.5 Å². The molecule has 0 spiro atoms. The molecule has 0 radical (unpaired) electrons. The zero-order valence-corrected chi connectivity index (χ0v) is 24.5. The van der Waals surface area contributed by atoms with Crippen molar-refractivity contribution in [1.82, 2.24) is 44.3 Å². The van der Waals surface area contributed by atoms with Crippen LogP contribution in [-0.2, 0) is 13.1 Å². The number of aliphatic hydroxyl groups is 1. The van der Waals surface area contributed by atoms with Gasteiger partial charge in [0.05, 0.1) is 34.2 Å². The van der Waals surface area contributed by atoms with Crippen molar-refractivity contribution < 1.29 is 23.0 Å². The summed E-state index contributed by atoms with van der Waals surface area (Å²) in [5.41, 5.74) is 3.85. The van der Waals surface area contributed by atoms with E-state index < -0.39 is 18.8 Å². The number of ether oxygens (including phenoxy) is 1. The number of piperazine rings is 1. The number of rotatable bonds is 8. The Kier molecular flexibility index (Phi) is 8.05. The quantitative estimate of drug-likeness (QED) is 0.272. The third-order valence-electron chi connectivity index (χ3n) is 7.57. The van der Waals surface area contributed by atoms with E-state index in [0.717, 1.165) is 48.6 Å². The Morgan fingerprint density at radius 2 is 1.82 bits per heavy atom. The first-order valence-electron chi connectivity index (χ1n) is 14.2. The number of hydrogen-bond donors (Lipinski definition) is 1. The number of halogens is 3. The maximum atomic E-state index is 13.0. The van der Waals surface area contributed by atoms with Crippen LogP contribution in [0.1, 0.15) is 30.0 Å². The minimum absolute atomic E-state index is 0.347. The minimum Gasteiger partial charge on any atom is -0.437 e. The first-order valence-corrected chi connectivity index (χ1v) is 14.2. The van der Waals surface area contributed by atoms with Crippen molar-refractivity contribution in [3.05, 3.63) is 71.9 Å². The van der Waals surface area contributed by atoms with E-state index in [4.69, 9.17) is 9.72 Å². The van der Waals surface area contributed by atoms with Gasteiger partial charge in [-0.2, -0.15) is 23.4 Å². The van der Waals surface area contributed by atoms with E-state index in [-0.39, 0.29) is 0 Å². The van der Waals surface area contributed by atoms with Crippen LogP contribution >= 0.6 is 0 Å².